The zero-order valence-electron chi connectivity index (χ0n) is 15.5. The molecule has 1 amide bonds. The molecule has 0 atom stereocenters. The molecule has 0 fully saturated rings. The van der Waals surface area contributed by atoms with E-state index in [1.165, 1.54) is 16.9 Å². The summed E-state index contributed by atoms with van der Waals surface area (Å²) in [6.07, 6.45) is 2.12. The molecule has 140 valence electrons. The Morgan fingerprint density at radius 2 is 1.81 bits per heavy atom. The van der Waals surface area contributed by atoms with Crippen molar-refractivity contribution < 1.29 is 14.7 Å². The SMILES string of the molecule is CCc1ccc(-c2nc(CC(=O)NCC(CC)(CC)C(=O)O)cs2)cc1. The van der Waals surface area contributed by atoms with Crippen molar-refractivity contribution in [1.29, 1.82) is 0 Å². The summed E-state index contributed by atoms with van der Waals surface area (Å²) in [4.78, 5) is 28.2. The fourth-order valence-corrected chi connectivity index (χ4v) is 3.60. The van der Waals surface area contributed by atoms with E-state index in [9.17, 15) is 14.7 Å². The zero-order chi connectivity index (χ0) is 19.2. The van der Waals surface area contributed by atoms with Gasteiger partial charge in [0.2, 0.25) is 5.91 Å². The molecule has 0 unspecified atom stereocenters. The van der Waals surface area contributed by atoms with E-state index in [1.54, 1.807) is 0 Å². The number of nitrogens with zero attached hydrogens (tertiary/aromatic N) is 1. The van der Waals surface area contributed by atoms with Crippen LogP contribution in [-0.4, -0.2) is 28.5 Å². The Balaban J connectivity index is 1.97. The topological polar surface area (TPSA) is 79.3 Å². The second-order valence-corrected chi connectivity index (χ2v) is 7.30. The second-order valence-electron chi connectivity index (χ2n) is 6.44. The number of benzene rings is 1. The average molecular weight is 375 g/mol. The molecule has 0 aliphatic heterocycles. The molecular weight excluding hydrogens is 348 g/mol. The molecule has 0 spiro atoms. The van der Waals surface area contributed by atoms with Crippen LogP contribution in [0.25, 0.3) is 10.6 Å². The number of hydrogen-bond donors (Lipinski definition) is 2. The molecule has 0 saturated heterocycles. The van der Waals surface area contributed by atoms with Crippen molar-refractivity contribution in [3.63, 3.8) is 0 Å². The number of carbonyl (C=O) groups is 2. The van der Waals surface area contributed by atoms with Crippen molar-refractivity contribution in [1.82, 2.24) is 10.3 Å². The van der Waals surface area contributed by atoms with Gasteiger partial charge in [0.05, 0.1) is 17.5 Å². The molecule has 0 saturated carbocycles. The molecule has 0 aliphatic carbocycles. The van der Waals surface area contributed by atoms with Crippen LogP contribution in [0.5, 0.6) is 0 Å². The molecule has 2 rings (SSSR count). The predicted octanol–water partition coefficient (Wildman–Crippen LogP) is 3.92. The first-order chi connectivity index (χ1) is 12.4. The van der Waals surface area contributed by atoms with Crippen molar-refractivity contribution in [2.24, 2.45) is 5.41 Å². The van der Waals surface area contributed by atoms with Crippen LogP contribution >= 0.6 is 11.3 Å². The summed E-state index contributed by atoms with van der Waals surface area (Å²) in [7, 11) is 0. The van der Waals surface area contributed by atoms with E-state index in [4.69, 9.17) is 0 Å². The summed E-state index contributed by atoms with van der Waals surface area (Å²) in [6, 6.07) is 8.27. The Bertz CT molecular complexity index is 749. The first-order valence-electron chi connectivity index (χ1n) is 8.98. The largest absolute Gasteiger partial charge is 0.481 e. The maximum atomic E-state index is 12.2. The van der Waals surface area contributed by atoms with Crippen LogP contribution in [0.2, 0.25) is 0 Å². The van der Waals surface area contributed by atoms with Crippen molar-refractivity contribution in [3.05, 3.63) is 40.9 Å². The number of amides is 1. The molecular formula is C20H26N2O3S. The lowest BCUT2D eigenvalue weighted by Crippen LogP contribution is -2.42. The number of aliphatic carboxylic acids is 1. The zero-order valence-corrected chi connectivity index (χ0v) is 16.4. The lowest BCUT2D eigenvalue weighted by atomic mass is 9.82. The lowest BCUT2D eigenvalue weighted by molar-refractivity contribution is -0.149. The number of carboxylic acid groups (broad SMARTS) is 1. The summed E-state index contributed by atoms with van der Waals surface area (Å²) >= 11 is 1.51. The van der Waals surface area contributed by atoms with Crippen LogP contribution in [0, 0.1) is 5.41 Å². The first-order valence-corrected chi connectivity index (χ1v) is 9.85. The van der Waals surface area contributed by atoms with E-state index in [1.807, 2.05) is 31.4 Å². The minimum Gasteiger partial charge on any atom is -0.481 e. The van der Waals surface area contributed by atoms with E-state index in [0.29, 0.717) is 18.5 Å². The number of aromatic nitrogens is 1. The van der Waals surface area contributed by atoms with Crippen molar-refractivity contribution >= 4 is 23.2 Å². The molecule has 0 radical (unpaired) electrons. The maximum absolute atomic E-state index is 12.2. The van der Waals surface area contributed by atoms with Crippen LogP contribution in [0.15, 0.2) is 29.6 Å². The van der Waals surface area contributed by atoms with E-state index >= 15 is 0 Å². The minimum absolute atomic E-state index is 0.143. The van der Waals surface area contributed by atoms with Crippen molar-refractivity contribution in [2.75, 3.05) is 6.54 Å². The molecule has 2 aromatic rings. The van der Waals surface area contributed by atoms with Crippen molar-refractivity contribution in [3.8, 4) is 10.6 Å². The van der Waals surface area contributed by atoms with Gasteiger partial charge in [-0.3, -0.25) is 9.59 Å². The number of thiazole rings is 1. The molecule has 5 nitrogen and oxygen atoms in total. The van der Waals surface area contributed by atoms with E-state index in [0.717, 1.165) is 17.0 Å². The van der Waals surface area contributed by atoms with Gasteiger partial charge in [-0.15, -0.1) is 11.3 Å². The van der Waals surface area contributed by atoms with Gasteiger partial charge in [0.25, 0.3) is 0 Å². The molecule has 0 aliphatic rings. The third kappa shape index (κ3) is 4.69. The molecule has 26 heavy (non-hydrogen) atoms. The Kier molecular flexibility index (Phi) is 6.91. The van der Waals surface area contributed by atoms with Crippen molar-refractivity contribution in [2.45, 2.75) is 46.5 Å². The van der Waals surface area contributed by atoms with Gasteiger partial charge < -0.3 is 10.4 Å². The molecule has 1 aromatic carbocycles. The standard InChI is InChI=1S/C20H26N2O3S/c1-4-14-7-9-15(10-8-14)18-22-16(12-26-18)11-17(23)21-13-20(5-2,6-3)19(24)25/h7-10,12H,4-6,11,13H2,1-3H3,(H,21,23)(H,24,25). The molecule has 2 N–H and O–H groups in total. The van der Waals surface area contributed by atoms with Gasteiger partial charge in [0, 0.05) is 17.5 Å². The fraction of sp³-hybridized carbons (Fsp3) is 0.450. The van der Waals surface area contributed by atoms with Crippen LogP contribution < -0.4 is 5.32 Å². The highest BCUT2D eigenvalue weighted by atomic mass is 32.1. The Morgan fingerprint density at radius 3 is 2.35 bits per heavy atom. The highest BCUT2D eigenvalue weighted by molar-refractivity contribution is 7.13. The van der Waals surface area contributed by atoms with E-state index < -0.39 is 11.4 Å². The number of hydrogen-bond acceptors (Lipinski definition) is 4. The van der Waals surface area contributed by atoms with Gasteiger partial charge in [-0.2, -0.15) is 0 Å². The minimum atomic E-state index is -0.899. The predicted molar refractivity (Wildman–Crippen MR) is 104 cm³/mol. The third-order valence-corrected chi connectivity index (χ3v) is 5.87. The highest BCUT2D eigenvalue weighted by Crippen LogP contribution is 2.26. The molecule has 1 heterocycles. The number of carbonyl (C=O) groups excluding carboxylic acids is 1. The third-order valence-electron chi connectivity index (χ3n) is 4.93. The number of carboxylic acids is 1. The summed E-state index contributed by atoms with van der Waals surface area (Å²) < 4.78 is 0. The Morgan fingerprint density at radius 1 is 1.15 bits per heavy atom. The van der Waals surface area contributed by atoms with Gasteiger partial charge in [-0.25, -0.2) is 4.98 Å². The normalized spacial score (nSPS) is 11.3. The number of rotatable bonds is 9. The van der Waals surface area contributed by atoms with Gasteiger partial charge in [0.15, 0.2) is 0 Å². The Labute approximate surface area is 158 Å². The van der Waals surface area contributed by atoms with E-state index in [2.05, 4.69) is 29.4 Å². The summed E-state index contributed by atoms with van der Waals surface area (Å²) in [5, 5.41) is 15.0. The van der Waals surface area contributed by atoms with Crippen LogP contribution in [0.4, 0.5) is 0 Å². The second kappa shape index (κ2) is 8.94. The summed E-state index contributed by atoms with van der Waals surface area (Å²) in [6.45, 7) is 5.93. The number of aryl methyl sites for hydroxylation is 1. The molecule has 1 aromatic heterocycles. The maximum Gasteiger partial charge on any atom is 0.311 e. The average Bonchev–Trinajstić information content (AvgIpc) is 3.11. The highest BCUT2D eigenvalue weighted by Gasteiger charge is 2.35. The van der Waals surface area contributed by atoms with E-state index in [-0.39, 0.29) is 18.9 Å². The van der Waals surface area contributed by atoms with Crippen LogP contribution in [0.1, 0.15) is 44.9 Å². The molecule has 0 bridgehead atoms. The first kappa shape index (κ1) is 20.1. The fourth-order valence-electron chi connectivity index (χ4n) is 2.78. The molecule has 6 heteroatoms. The summed E-state index contributed by atoms with van der Waals surface area (Å²) in [5.41, 5.74) is 2.12. The smallest absolute Gasteiger partial charge is 0.311 e. The van der Waals surface area contributed by atoms with Crippen LogP contribution in [-0.2, 0) is 22.4 Å². The van der Waals surface area contributed by atoms with Gasteiger partial charge >= 0.3 is 5.97 Å². The Hall–Kier alpha value is -2.21. The lowest BCUT2D eigenvalue weighted by Gasteiger charge is -2.26. The van der Waals surface area contributed by atoms with Gasteiger partial charge in [-0.1, -0.05) is 45.0 Å². The van der Waals surface area contributed by atoms with Gasteiger partial charge in [0.1, 0.15) is 5.01 Å². The monoisotopic (exact) mass is 374 g/mol. The summed E-state index contributed by atoms with van der Waals surface area (Å²) in [5.74, 6) is -1.06. The van der Waals surface area contributed by atoms with Crippen LogP contribution in [0.3, 0.4) is 0 Å². The quantitative estimate of drug-likeness (QED) is 0.697. The number of nitrogens with one attached hydrogen (secondary N) is 1. The van der Waals surface area contributed by atoms with Gasteiger partial charge in [-0.05, 0) is 24.8 Å².